The number of ether oxygens (including phenoxy) is 1. The zero-order chi connectivity index (χ0) is 26.9. The molecule has 2 N–H and O–H groups in total. The fourth-order valence-corrected chi connectivity index (χ4v) is 4.83. The van der Waals surface area contributed by atoms with E-state index in [2.05, 4.69) is 9.97 Å². The Labute approximate surface area is 214 Å². The fraction of sp³-hybridized carbons (Fsp3) is 0.115. The molecular weight excluding hydrogens is 504 g/mol. The van der Waals surface area contributed by atoms with Crippen molar-refractivity contribution in [3.8, 4) is 22.9 Å². The normalized spacial score (nSPS) is 11.3. The number of hydrogen-bond donors (Lipinski definition) is 2. The van der Waals surface area contributed by atoms with E-state index < -0.39 is 38.0 Å². The third-order valence-corrected chi connectivity index (χ3v) is 6.77. The minimum Gasteiger partial charge on any atom is -0.438 e. The van der Waals surface area contributed by atoms with Crippen LogP contribution in [-0.2, 0) is 10.0 Å². The summed E-state index contributed by atoms with van der Waals surface area (Å²) in [5.41, 5.74) is 0.915. The predicted octanol–water partition coefficient (Wildman–Crippen LogP) is 5.04. The predicted molar refractivity (Wildman–Crippen MR) is 136 cm³/mol. The van der Waals surface area contributed by atoms with Gasteiger partial charge in [0.1, 0.15) is 22.9 Å². The van der Waals surface area contributed by atoms with Crippen LogP contribution in [0, 0.1) is 32.4 Å². The third-order valence-electron chi connectivity index (χ3n) is 5.41. The average Bonchev–Trinajstić information content (AvgIpc) is 2.82. The maximum absolute atomic E-state index is 14.5. The highest BCUT2D eigenvalue weighted by molar-refractivity contribution is 7.90. The largest absolute Gasteiger partial charge is 0.438 e. The standard InChI is InChI=1S/C26H21F2N3O5S.2H2/c1-14-11-15(2)23(16(3)12-14)36-26-18(7-9-21(30-26)19-13-17(27)6-8-20(19)28)24(32)31-37(34,35)22-5-4-10-29-25(22)33;;/h4-13H,1-3H3,(H,29,33)(H,31,32);2*1H. The second-order valence-corrected chi connectivity index (χ2v) is 9.95. The maximum Gasteiger partial charge on any atom is 0.270 e. The molecule has 0 fully saturated rings. The molecule has 0 radical (unpaired) electrons. The van der Waals surface area contributed by atoms with E-state index in [4.69, 9.17) is 4.74 Å². The van der Waals surface area contributed by atoms with Gasteiger partial charge in [-0.05, 0) is 74.4 Å². The van der Waals surface area contributed by atoms with E-state index in [1.165, 1.54) is 24.4 Å². The summed E-state index contributed by atoms with van der Waals surface area (Å²) >= 11 is 0. The molecule has 37 heavy (non-hydrogen) atoms. The van der Waals surface area contributed by atoms with Crippen LogP contribution in [0.15, 0.2) is 70.5 Å². The number of benzene rings is 2. The molecular formula is C26H25F2N3O5S. The van der Waals surface area contributed by atoms with E-state index in [1.54, 1.807) is 13.8 Å². The van der Waals surface area contributed by atoms with E-state index in [1.807, 2.05) is 23.8 Å². The van der Waals surface area contributed by atoms with Crippen molar-refractivity contribution >= 4 is 15.9 Å². The second-order valence-electron chi connectivity index (χ2n) is 8.30. The van der Waals surface area contributed by atoms with Crippen LogP contribution in [0.25, 0.3) is 11.3 Å². The molecule has 0 unspecified atom stereocenters. The Morgan fingerprint density at radius 3 is 2.41 bits per heavy atom. The highest BCUT2D eigenvalue weighted by atomic mass is 32.2. The number of carbonyl (C=O) groups is 1. The Kier molecular flexibility index (Phi) is 6.90. The Morgan fingerprint density at radius 2 is 1.73 bits per heavy atom. The van der Waals surface area contributed by atoms with Crippen molar-refractivity contribution in [1.82, 2.24) is 14.7 Å². The Bertz CT molecular complexity index is 1690. The Balaban J connectivity index is 0.00000267. The van der Waals surface area contributed by atoms with E-state index in [9.17, 15) is 26.8 Å². The first-order valence-electron chi connectivity index (χ1n) is 10.9. The van der Waals surface area contributed by atoms with Crippen molar-refractivity contribution in [3.05, 3.63) is 105 Å². The number of halogens is 2. The highest BCUT2D eigenvalue weighted by Crippen LogP contribution is 2.33. The SMILES string of the molecule is Cc1cc(C)c(Oc2nc(-c3cc(F)ccc3F)ccc2C(=O)NS(=O)(=O)c2ccc[nH]c2=O)c(C)c1.[HH].[HH]. The molecule has 0 saturated carbocycles. The molecule has 2 heterocycles. The second kappa shape index (κ2) is 9.94. The molecule has 0 aliphatic carbocycles. The van der Waals surface area contributed by atoms with E-state index in [0.717, 1.165) is 29.8 Å². The maximum atomic E-state index is 14.5. The molecule has 4 rings (SSSR count). The van der Waals surface area contributed by atoms with Crippen LogP contribution in [0.1, 0.15) is 29.9 Å². The van der Waals surface area contributed by atoms with Crippen LogP contribution in [0.2, 0.25) is 0 Å². The van der Waals surface area contributed by atoms with Crippen molar-refractivity contribution in [2.45, 2.75) is 25.7 Å². The molecule has 0 spiro atoms. The van der Waals surface area contributed by atoms with Crippen molar-refractivity contribution < 1.29 is 29.6 Å². The molecule has 11 heteroatoms. The molecule has 4 aromatic rings. The summed E-state index contributed by atoms with van der Waals surface area (Å²) in [6.45, 7) is 5.44. The molecule has 194 valence electrons. The summed E-state index contributed by atoms with van der Waals surface area (Å²) in [6.07, 6.45) is 1.25. The van der Waals surface area contributed by atoms with Gasteiger partial charge >= 0.3 is 0 Å². The van der Waals surface area contributed by atoms with Gasteiger partial charge in [-0.25, -0.2) is 26.9 Å². The van der Waals surface area contributed by atoms with E-state index >= 15 is 0 Å². The molecule has 0 aliphatic heterocycles. The van der Waals surface area contributed by atoms with Crippen LogP contribution in [0.3, 0.4) is 0 Å². The lowest BCUT2D eigenvalue weighted by Crippen LogP contribution is -2.34. The molecule has 2 aromatic carbocycles. The molecule has 0 bridgehead atoms. The molecule has 8 nitrogen and oxygen atoms in total. The van der Waals surface area contributed by atoms with Crippen molar-refractivity contribution in [1.29, 1.82) is 0 Å². The number of hydrogen-bond acceptors (Lipinski definition) is 6. The van der Waals surface area contributed by atoms with Gasteiger partial charge in [-0.2, -0.15) is 0 Å². The summed E-state index contributed by atoms with van der Waals surface area (Å²) in [5, 5.41) is 0. The average molecular weight is 530 g/mol. The van der Waals surface area contributed by atoms with Crippen molar-refractivity contribution in [2.24, 2.45) is 0 Å². The smallest absolute Gasteiger partial charge is 0.270 e. The molecule has 0 aliphatic rings. The van der Waals surface area contributed by atoms with Crippen LogP contribution in [0.5, 0.6) is 11.6 Å². The van der Waals surface area contributed by atoms with Crippen LogP contribution >= 0.6 is 0 Å². The quantitative estimate of drug-likeness (QED) is 0.361. The van der Waals surface area contributed by atoms with E-state index in [0.29, 0.717) is 16.9 Å². The number of aryl methyl sites for hydroxylation is 3. The van der Waals surface area contributed by atoms with Gasteiger partial charge in [0.15, 0.2) is 4.90 Å². The minimum atomic E-state index is -4.56. The number of nitrogens with one attached hydrogen (secondary N) is 2. The van der Waals surface area contributed by atoms with Crippen LogP contribution in [-0.4, -0.2) is 24.3 Å². The zero-order valence-electron chi connectivity index (χ0n) is 19.9. The number of rotatable bonds is 6. The molecule has 0 saturated heterocycles. The van der Waals surface area contributed by atoms with Gasteiger partial charge in [-0.1, -0.05) is 17.7 Å². The first-order chi connectivity index (χ1) is 17.5. The van der Waals surface area contributed by atoms with Gasteiger partial charge in [0.25, 0.3) is 21.5 Å². The van der Waals surface area contributed by atoms with Crippen LogP contribution in [0.4, 0.5) is 8.78 Å². The number of carbonyl (C=O) groups excluding carboxylic acids is 1. The number of aromatic amines is 1. The molecule has 0 atom stereocenters. The van der Waals surface area contributed by atoms with Crippen molar-refractivity contribution in [3.63, 3.8) is 0 Å². The topological polar surface area (TPSA) is 118 Å². The number of sulfonamides is 1. The summed E-state index contributed by atoms with van der Waals surface area (Å²) in [7, 11) is -4.56. The van der Waals surface area contributed by atoms with Gasteiger partial charge in [0.2, 0.25) is 5.88 Å². The lowest BCUT2D eigenvalue weighted by molar-refractivity contribution is 0.0978. The lowest BCUT2D eigenvalue weighted by Gasteiger charge is -2.16. The van der Waals surface area contributed by atoms with E-state index in [-0.39, 0.29) is 25.6 Å². The fourth-order valence-electron chi connectivity index (χ4n) is 3.81. The number of H-pyrrole nitrogens is 1. The summed E-state index contributed by atoms with van der Waals surface area (Å²) in [6, 6.07) is 11.3. The summed E-state index contributed by atoms with van der Waals surface area (Å²) in [4.78, 5) is 30.9. The van der Waals surface area contributed by atoms with Gasteiger partial charge in [-0.15, -0.1) is 0 Å². The zero-order valence-corrected chi connectivity index (χ0v) is 20.7. The highest BCUT2D eigenvalue weighted by Gasteiger charge is 2.26. The first kappa shape index (κ1) is 25.7. The van der Waals surface area contributed by atoms with Gasteiger partial charge in [0, 0.05) is 14.6 Å². The number of pyridine rings is 2. The lowest BCUT2D eigenvalue weighted by atomic mass is 10.1. The van der Waals surface area contributed by atoms with Crippen molar-refractivity contribution in [2.75, 3.05) is 0 Å². The Morgan fingerprint density at radius 1 is 1.03 bits per heavy atom. The number of aromatic nitrogens is 2. The van der Waals surface area contributed by atoms with Gasteiger partial charge in [0.05, 0.1) is 5.69 Å². The Hall–Kier alpha value is -4.38. The van der Waals surface area contributed by atoms with Crippen LogP contribution < -0.4 is 15.0 Å². The van der Waals surface area contributed by atoms with Gasteiger partial charge < -0.3 is 9.72 Å². The molecule has 2 aromatic heterocycles. The van der Waals surface area contributed by atoms with Gasteiger partial charge in [-0.3, -0.25) is 9.59 Å². The first-order valence-corrected chi connectivity index (χ1v) is 12.4. The summed E-state index contributed by atoms with van der Waals surface area (Å²) in [5.74, 6) is -2.59. The third kappa shape index (κ3) is 5.41. The molecule has 1 amide bonds. The number of nitrogens with zero attached hydrogens (tertiary/aromatic N) is 1. The monoisotopic (exact) mass is 529 g/mol. The summed E-state index contributed by atoms with van der Waals surface area (Å²) < 4.78 is 61.5. The number of amides is 1. The minimum absolute atomic E-state index is 0.